The van der Waals surface area contributed by atoms with Crippen LogP contribution < -0.4 is 14.8 Å². The first-order chi connectivity index (χ1) is 18.1. The van der Waals surface area contributed by atoms with Crippen molar-refractivity contribution in [1.29, 1.82) is 0 Å². The molecule has 1 aliphatic rings. The van der Waals surface area contributed by atoms with Gasteiger partial charge in [-0.15, -0.1) is 0 Å². The zero-order valence-corrected chi connectivity index (χ0v) is 22.0. The molecule has 0 spiro atoms. The summed E-state index contributed by atoms with van der Waals surface area (Å²) in [7, 11) is -4.19. The van der Waals surface area contributed by atoms with Crippen LogP contribution in [-0.4, -0.2) is 54.3 Å². The molecule has 1 saturated heterocycles. The lowest BCUT2D eigenvalue weighted by atomic mass is 10.2. The van der Waals surface area contributed by atoms with Crippen LogP contribution in [0, 0.1) is 17.0 Å². The van der Waals surface area contributed by atoms with Gasteiger partial charge in [0.05, 0.1) is 16.7 Å². The number of carbonyl (C=O) groups excluding carboxylic acids is 1. The fourth-order valence-corrected chi connectivity index (χ4v) is 5.44. The Morgan fingerprint density at radius 1 is 1.26 bits per heavy atom. The number of carbonyl (C=O) groups is 1. The summed E-state index contributed by atoms with van der Waals surface area (Å²) in [5, 5.41) is 18.7. The van der Waals surface area contributed by atoms with E-state index in [0.29, 0.717) is 24.4 Å². The van der Waals surface area contributed by atoms with Crippen molar-refractivity contribution in [3.8, 4) is 17.3 Å². The van der Waals surface area contributed by atoms with Crippen LogP contribution in [0.25, 0.3) is 5.69 Å². The number of amides is 1. The second kappa shape index (κ2) is 11.3. The molecule has 202 valence electrons. The zero-order chi connectivity index (χ0) is 27.4. The van der Waals surface area contributed by atoms with Crippen LogP contribution in [0.5, 0.6) is 11.6 Å². The van der Waals surface area contributed by atoms with Gasteiger partial charge in [0.1, 0.15) is 10.6 Å². The summed E-state index contributed by atoms with van der Waals surface area (Å²) >= 11 is 0. The number of ether oxygens (including phenoxy) is 2. The summed E-state index contributed by atoms with van der Waals surface area (Å²) in [4.78, 5) is 23.3. The smallest absolute Gasteiger partial charge is 0.272 e. The number of hydrogen-bond acceptors (Lipinski definition) is 8. The SMILES string of the molecule is Cc1c(C(=O)NC[C@@H]2CCCO2)nn(-c2ccccc2)c1Oc1ccc([N+](=O)[O-])cc1S(=O)(=O)NC(C)C. The molecule has 0 unspecified atom stereocenters. The predicted molar refractivity (Wildman–Crippen MR) is 138 cm³/mol. The third kappa shape index (κ3) is 6.01. The molecule has 0 saturated carbocycles. The fourth-order valence-electron chi connectivity index (χ4n) is 4.04. The first-order valence-corrected chi connectivity index (χ1v) is 13.6. The highest BCUT2D eigenvalue weighted by molar-refractivity contribution is 7.89. The van der Waals surface area contributed by atoms with Crippen molar-refractivity contribution in [3.63, 3.8) is 0 Å². The molecule has 13 heteroatoms. The predicted octanol–water partition coefficient (Wildman–Crippen LogP) is 3.48. The van der Waals surface area contributed by atoms with Gasteiger partial charge in [-0.1, -0.05) is 18.2 Å². The standard InChI is InChI=1S/C25H29N5O7S/c1-16(2)28-38(34,35)22-14-19(30(32)33)11-12-21(22)37-25-17(3)23(24(31)26-15-20-10-7-13-36-20)27-29(25)18-8-5-4-6-9-18/h4-6,8-9,11-12,14,16,20,28H,7,10,13,15H2,1-3H3,(H,26,31)/t20-/m0/s1. The minimum atomic E-state index is -4.19. The van der Waals surface area contributed by atoms with Crippen molar-refractivity contribution in [3.05, 3.63) is 69.9 Å². The van der Waals surface area contributed by atoms with E-state index in [1.54, 1.807) is 45.0 Å². The van der Waals surface area contributed by atoms with Crippen molar-refractivity contribution >= 4 is 21.6 Å². The van der Waals surface area contributed by atoms with E-state index in [1.165, 1.54) is 10.7 Å². The normalized spacial score (nSPS) is 15.5. The van der Waals surface area contributed by atoms with E-state index in [0.717, 1.165) is 25.0 Å². The van der Waals surface area contributed by atoms with Crippen molar-refractivity contribution < 1.29 is 27.6 Å². The second-order valence-corrected chi connectivity index (χ2v) is 10.8. The number of nitrogens with one attached hydrogen (secondary N) is 2. The summed E-state index contributed by atoms with van der Waals surface area (Å²) < 4.78 is 41.6. The van der Waals surface area contributed by atoms with E-state index in [-0.39, 0.29) is 23.4 Å². The molecular weight excluding hydrogens is 514 g/mol. The lowest BCUT2D eigenvalue weighted by Crippen LogP contribution is -2.32. The highest BCUT2D eigenvalue weighted by Gasteiger charge is 2.28. The van der Waals surface area contributed by atoms with Crippen molar-refractivity contribution in [2.24, 2.45) is 0 Å². The molecule has 2 aromatic carbocycles. The van der Waals surface area contributed by atoms with Gasteiger partial charge in [-0.2, -0.15) is 9.78 Å². The van der Waals surface area contributed by atoms with Gasteiger partial charge in [-0.25, -0.2) is 13.1 Å². The Hall–Kier alpha value is -3.81. The number of nitro benzene ring substituents is 1. The Kier molecular flexibility index (Phi) is 8.09. The van der Waals surface area contributed by atoms with Crippen molar-refractivity contribution in [1.82, 2.24) is 19.8 Å². The number of benzene rings is 2. The largest absolute Gasteiger partial charge is 0.437 e. The van der Waals surface area contributed by atoms with E-state index >= 15 is 0 Å². The monoisotopic (exact) mass is 543 g/mol. The van der Waals surface area contributed by atoms with Crippen molar-refractivity contribution in [2.45, 2.75) is 50.7 Å². The van der Waals surface area contributed by atoms with Gasteiger partial charge in [0.2, 0.25) is 15.9 Å². The van der Waals surface area contributed by atoms with Crippen LogP contribution >= 0.6 is 0 Å². The third-order valence-electron chi connectivity index (χ3n) is 5.82. The molecule has 3 aromatic rings. The highest BCUT2D eigenvalue weighted by Crippen LogP contribution is 2.35. The van der Waals surface area contributed by atoms with Crippen LogP contribution in [0.15, 0.2) is 53.4 Å². The lowest BCUT2D eigenvalue weighted by molar-refractivity contribution is -0.385. The minimum Gasteiger partial charge on any atom is -0.437 e. The van der Waals surface area contributed by atoms with Gasteiger partial charge in [0.15, 0.2) is 5.69 Å². The van der Waals surface area contributed by atoms with Crippen LogP contribution in [-0.2, 0) is 14.8 Å². The molecule has 2 heterocycles. The van der Waals surface area contributed by atoms with Crippen LogP contribution in [0.1, 0.15) is 42.7 Å². The number of nitrogens with zero attached hydrogens (tertiary/aromatic N) is 3. The first-order valence-electron chi connectivity index (χ1n) is 12.1. The third-order valence-corrected chi connectivity index (χ3v) is 7.50. The topological polar surface area (TPSA) is 155 Å². The Morgan fingerprint density at radius 3 is 2.63 bits per heavy atom. The van der Waals surface area contributed by atoms with Gasteiger partial charge < -0.3 is 14.8 Å². The number of sulfonamides is 1. The van der Waals surface area contributed by atoms with Gasteiger partial charge in [-0.3, -0.25) is 14.9 Å². The summed E-state index contributed by atoms with van der Waals surface area (Å²) in [5.74, 6) is -0.501. The number of rotatable bonds is 10. The summed E-state index contributed by atoms with van der Waals surface area (Å²) in [5.41, 5.74) is 0.602. The number of nitro groups is 1. The molecule has 12 nitrogen and oxygen atoms in total. The molecule has 0 radical (unpaired) electrons. The van der Waals surface area contributed by atoms with Gasteiger partial charge >= 0.3 is 0 Å². The maximum atomic E-state index is 13.1. The molecule has 1 fully saturated rings. The summed E-state index contributed by atoms with van der Waals surface area (Å²) in [6.07, 6.45) is 1.73. The van der Waals surface area contributed by atoms with Gasteiger partial charge in [0.25, 0.3) is 11.6 Å². The Labute approximate surface area is 220 Å². The average molecular weight is 544 g/mol. The van der Waals surface area contributed by atoms with E-state index < -0.39 is 37.5 Å². The lowest BCUT2D eigenvalue weighted by Gasteiger charge is -2.15. The van der Waals surface area contributed by atoms with E-state index in [9.17, 15) is 23.3 Å². The molecule has 4 rings (SSSR count). The minimum absolute atomic E-state index is 0.0625. The molecule has 1 aromatic heterocycles. The quantitative estimate of drug-likeness (QED) is 0.291. The Morgan fingerprint density at radius 2 is 2.00 bits per heavy atom. The average Bonchev–Trinajstić information content (AvgIpc) is 3.51. The molecule has 2 N–H and O–H groups in total. The van der Waals surface area contributed by atoms with Crippen molar-refractivity contribution in [2.75, 3.05) is 13.2 Å². The summed E-state index contributed by atoms with van der Waals surface area (Å²) in [6, 6.07) is 11.7. The zero-order valence-electron chi connectivity index (χ0n) is 21.2. The Balaban J connectivity index is 1.77. The maximum absolute atomic E-state index is 13.1. The van der Waals surface area contributed by atoms with Crippen LogP contribution in [0.2, 0.25) is 0 Å². The molecule has 1 amide bonds. The Bertz CT molecular complexity index is 1430. The molecule has 0 bridgehead atoms. The van der Waals surface area contributed by atoms with Crippen LogP contribution in [0.3, 0.4) is 0 Å². The fraction of sp³-hybridized carbons (Fsp3) is 0.360. The van der Waals surface area contributed by atoms with Gasteiger partial charge in [-0.05, 0) is 51.8 Å². The molecule has 1 aliphatic heterocycles. The molecule has 1 atom stereocenters. The maximum Gasteiger partial charge on any atom is 0.272 e. The second-order valence-electron chi connectivity index (χ2n) is 9.14. The van der Waals surface area contributed by atoms with Gasteiger partial charge in [0, 0.05) is 36.9 Å². The van der Waals surface area contributed by atoms with E-state index in [1.807, 2.05) is 6.07 Å². The molecule has 38 heavy (non-hydrogen) atoms. The van der Waals surface area contributed by atoms with E-state index in [4.69, 9.17) is 9.47 Å². The van der Waals surface area contributed by atoms with Crippen LogP contribution in [0.4, 0.5) is 5.69 Å². The first kappa shape index (κ1) is 27.2. The number of non-ortho nitro benzene ring substituents is 1. The number of hydrogen-bond donors (Lipinski definition) is 2. The molecule has 0 aliphatic carbocycles. The summed E-state index contributed by atoms with van der Waals surface area (Å²) in [6.45, 7) is 5.89. The highest BCUT2D eigenvalue weighted by atomic mass is 32.2. The number of aromatic nitrogens is 2. The number of para-hydroxylation sites is 1. The molecular formula is C25H29N5O7S. The van der Waals surface area contributed by atoms with E-state index in [2.05, 4.69) is 15.1 Å².